The fourth-order valence-corrected chi connectivity index (χ4v) is 12.1. The maximum Gasteiger partial charge on any atom is 0.343 e. The van der Waals surface area contributed by atoms with E-state index in [1.807, 2.05) is 24.2 Å². The lowest BCUT2D eigenvalue weighted by atomic mass is 9.80. The molecule has 2 atom stereocenters. The van der Waals surface area contributed by atoms with E-state index >= 15 is 0 Å². The summed E-state index contributed by atoms with van der Waals surface area (Å²) < 4.78 is 6.99. The predicted octanol–water partition coefficient (Wildman–Crippen LogP) is 2.88. The molecule has 0 radical (unpaired) electrons. The number of piperidine rings is 1. The second-order valence-corrected chi connectivity index (χ2v) is 20.7. The Morgan fingerprint density at radius 3 is 2.11 bits per heavy atom. The van der Waals surface area contributed by atoms with Crippen LogP contribution in [0.25, 0.3) is 0 Å². The van der Waals surface area contributed by atoms with E-state index in [1.165, 1.54) is 6.20 Å². The first-order chi connectivity index (χ1) is 34.9. The van der Waals surface area contributed by atoms with E-state index in [1.54, 1.807) is 29.9 Å². The smallest absolute Gasteiger partial charge is 0.343 e. The quantitative estimate of drug-likeness (QED) is 0.165. The molecule has 0 spiro atoms. The van der Waals surface area contributed by atoms with Gasteiger partial charge in [-0.05, 0) is 95.2 Å². The number of hydrogen-bond acceptors (Lipinski definition) is 16. The molecule has 0 bridgehead atoms. The Hall–Kier alpha value is -6.48. The van der Waals surface area contributed by atoms with E-state index in [2.05, 4.69) is 50.6 Å². The van der Waals surface area contributed by atoms with Gasteiger partial charge >= 0.3 is 5.97 Å². The van der Waals surface area contributed by atoms with Crippen LogP contribution in [0.2, 0.25) is 0 Å². The van der Waals surface area contributed by atoms with Crippen molar-refractivity contribution in [1.29, 1.82) is 0 Å². The van der Waals surface area contributed by atoms with Crippen LogP contribution >= 0.6 is 0 Å². The number of ether oxygens (including phenoxy) is 1. The molecule has 2 aromatic heterocycles. The van der Waals surface area contributed by atoms with Gasteiger partial charge in [-0.25, -0.2) is 9.78 Å². The first-order valence-corrected chi connectivity index (χ1v) is 26.1. The van der Waals surface area contributed by atoms with Gasteiger partial charge in [0.2, 0.25) is 29.6 Å². The van der Waals surface area contributed by atoms with Gasteiger partial charge in [-0.15, -0.1) is 0 Å². The average Bonchev–Trinajstić information content (AvgIpc) is 4.10. The molecule has 6 amide bonds. The second kappa shape index (κ2) is 21.3. The van der Waals surface area contributed by atoms with Crippen molar-refractivity contribution in [3.8, 4) is 0 Å². The largest absolute Gasteiger partial charge is 0.462 e. The number of nitrogens with one attached hydrogen (secondary N) is 3. The Labute approximate surface area is 419 Å². The van der Waals surface area contributed by atoms with Crippen molar-refractivity contribution in [2.75, 3.05) is 94.1 Å². The number of carbonyl (C=O) groups is 7. The van der Waals surface area contributed by atoms with Crippen molar-refractivity contribution in [2.45, 2.75) is 95.7 Å². The molecule has 21 heteroatoms. The van der Waals surface area contributed by atoms with Gasteiger partial charge in [-0.3, -0.25) is 53.5 Å². The van der Waals surface area contributed by atoms with Gasteiger partial charge in [0.05, 0.1) is 29.6 Å². The highest BCUT2D eigenvalue weighted by molar-refractivity contribution is 6.23. The molecule has 6 fully saturated rings. The van der Waals surface area contributed by atoms with E-state index in [0.29, 0.717) is 47.9 Å². The average molecular weight is 990 g/mol. The molecular formula is C51H67N13O8. The van der Waals surface area contributed by atoms with E-state index < -0.39 is 35.6 Å². The summed E-state index contributed by atoms with van der Waals surface area (Å²) in [5, 5.41) is 13.1. The summed E-state index contributed by atoms with van der Waals surface area (Å²) in [6, 6.07) is 4.90. The summed E-state index contributed by atoms with van der Waals surface area (Å²) in [6.45, 7) is 10.8. The van der Waals surface area contributed by atoms with Gasteiger partial charge in [0.25, 0.3) is 11.8 Å². The summed E-state index contributed by atoms with van der Waals surface area (Å²) >= 11 is 0. The van der Waals surface area contributed by atoms with Crippen molar-refractivity contribution >= 4 is 64.6 Å². The zero-order valence-corrected chi connectivity index (χ0v) is 41.4. The molecule has 10 rings (SSSR count). The normalized spacial score (nSPS) is 26.4. The SMILES string of the molecule is CCOC(=O)c1cnc(Nc2cnn(C)c2)nc1NC1CCC(N2CCN(C(=O)C3CCC(C(=O)N4CCN(C[C@H]5CCN(c6ccc7c(c6)C(=O)N(C6CCC(=O)NC6=O)C7=O)C5)CC4)CC3)CC2)CC1. The standard InChI is InChI=1S/C51H67N13O8/c1-3-72-50(71)41-28-52-51(55-36-27-53-58(2)31-36)57-44(41)54-35-8-10-37(11-9-35)60-22-24-62(25-23-60)47(68)34-6-4-33(5-7-34)46(67)61-20-18-59(19-21-61)29-32-16-17-63(30-32)38-12-13-39-40(26-38)49(70)64(48(39)69)42-14-15-43(65)56-45(42)66/h12-13,26-28,31-35,37,42H,3-11,14-25,29-30H2,1-2H3,(H,56,65,66)(H2,52,54,55,57)/t32-,33?,34?,35?,37?,42?/m1/s1. The Kier molecular flexibility index (Phi) is 14.5. The van der Waals surface area contributed by atoms with Crippen molar-refractivity contribution in [1.82, 2.24) is 49.6 Å². The van der Waals surface area contributed by atoms with Gasteiger partial charge in [0, 0.05) is 127 Å². The molecule has 3 aromatic rings. The Balaban J connectivity index is 0.622. The number of piperazine rings is 2. The van der Waals surface area contributed by atoms with Crippen molar-refractivity contribution in [3.05, 3.63) is 53.5 Å². The van der Waals surface area contributed by atoms with Crippen LogP contribution in [-0.4, -0.2) is 182 Å². The molecule has 7 aliphatic rings. The Bertz CT molecular complexity index is 2560. The number of aryl methyl sites for hydroxylation is 1. The van der Waals surface area contributed by atoms with Crippen LogP contribution in [0.3, 0.4) is 0 Å². The number of hydrogen-bond donors (Lipinski definition) is 3. The van der Waals surface area contributed by atoms with Gasteiger partial charge in [0.15, 0.2) is 0 Å². The van der Waals surface area contributed by atoms with Crippen LogP contribution < -0.4 is 20.9 Å². The van der Waals surface area contributed by atoms with Gasteiger partial charge in [-0.1, -0.05) is 0 Å². The monoisotopic (exact) mass is 990 g/mol. The zero-order chi connectivity index (χ0) is 50.0. The predicted molar refractivity (Wildman–Crippen MR) is 264 cm³/mol. The fraction of sp³-hybridized carbons (Fsp3) is 0.608. The first kappa shape index (κ1) is 49.1. The molecule has 4 saturated heterocycles. The number of imide groups is 2. The number of rotatable bonds is 13. The summed E-state index contributed by atoms with van der Waals surface area (Å²) in [7, 11) is 1.83. The van der Waals surface area contributed by atoms with Crippen LogP contribution in [0.5, 0.6) is 0 Å². The lowest BCUT2D eigenvalue weighted by molar-refractivity contribution is -0.143. The first-order valence-electron chi connectivity index (χ1n) is 26.1. The van der Waals surface area contributed by atoms with E-state index in [0.717, 1.165) is 133 Å². The van der Waals surface area contributed by atoms with E-state index in [9.17, 15) is 33.6 Å². The molecular weight excluding hydrogens is 923 g/mol. The lowest BCUT2D eigenvalue weighted by Crippen LogP contribution is -2.54. The van der Waals surface area contributed by atoms with Crippen LogP contribution in [0.4, 0.5) is 23.1 Å². The van der Waals surface area contributed by atoms with Crippen LogP contribution in [0.1, 0.15) is 109 Å². The molecule has 384 valence electrons. The maximum atomic E-state index is 13.8. The summed E-state index contributed by atoms with van der Waals surface area (Å²) in [4.78, 5) is 113. The minimum atomic E-state index is -0.988. The molecule has 5 aliphatic heterocycles. The van der Waals surface area contributed by atoms with Crippen LogP contribution in [0, 0.1) is 17.8 Å². The molecule has 72 heavy (non-hydrogen) atoms. The third kappa shape index (κ3) is 10.5. The topological polar surface area (TPSA) is 228 Å². The Morgan fingerprint density at radius 2 is 1.46 bits per heavy atom. The second-order valence-electron chi connectivity index (χ2n) is 20.7. The van der Waals surface area contributed by atoms with Crippen LogP contribution in [0.15, 0.2) is 36.8 Å². The highest BCUT2D eigenvalue weighted by Crippen LogP contribution is 2.35. The number of benzene rings is 1. The number of aromatic nitrogens is 4. The highest BCUT2D eigenvalue weighted by atomic mass is 16.5. The van der Waals surface area contributed by atoms with Crippen molar-refractivity contribution in [2.24, 2.45) is 24.8 Å². The van der Waals surface area contributed by atoms with Gasteiger partial charge in [0.1, 0.15) is 17.4 Å². The number of carbonyl (C=O) groups excluding carboxylic acids is 7. The summed E-state index contributed by atoms with van der Waals surface area (Å²) in [6.07, 6.45) is 13.1. The molecule has 2 aliphatic carbocycles. The molecule has 21 nitrogen and oxygen atoms in total. The number of amides is 6. The lowest BCUT2D eigenvalue weighted by Gasteiger charge is -2.43. The fourth-order valence-electron chi connectivity index (χ4n) is 12.1. The molecule has 2 saturated carbocycles. The third-order valence-electron chi connectivity index (χ3n) is 16.1. The van der Waals surface area contributed by atoms with Gasteiger partial charge in [-0.2, -0.15) is 10.1 Å². The summed E-state index contributed by atoms with van der Waals surface area (Å²) in [5.74, 6) is -0.841. The van der Waals surface area contributed by atoms with E-state index in [-0.39, 0.29) is 54.7 Å². The number of nitrogens with zero attached hydrogens (tertiary/aromatic N) is 10. The Morgan fingerprint density at radius 1 is 0.778 bits per heavy atom. The minimum Gasteiger partial charge on any atom is -0.462 e. The zero-order valence-electron chi connectivity index (χ0n) is 41.4. The number of fused-ring (bicyclic) bond motifs is 1. The highest BCUT2D eigenvalue weighted by Gasteiger charge is 2.45. The van der Waals surface area contributed by atoms with Crippen molar-refractivity contribution < 1.29 is 38.3 Å². The summed E-state index contributed by atoms with van der Waals surface area (Å²) in [5.41, 5.74) is 2.50. The van der Waals surface area contributed by atoms with Crippen LogP contribution in [-0.2, 0) is 31.0 Å². The molecule has 1 unspecified atom stereocenters. The third-order valence-corrected chi connectivity index (χ3v) is 16.1. The maximum absolute atomic E-state index is 13.8. The van der Waals surface area contributed by atoms with Gasteiger partial charge < -0.3 is 30.1 Å². The molecule has 1 aromatic carbocycles. The van der Waals surface area contributed by atoms with E-state index in [4.69, 9.17) is 4.74 Å². The molecule has 7 heterocycles. The minimum absolute atomic E-state index is 0.0291. The number of anilines is 4. The molecule has 3 N–H and O–H groups in total. The van der Waals surface area contributed by atoms with Crippen molar-refractivity contribution in [3.63, 3.8) is 0 Å². The number of esters is 1.